The van der Waals surface area contributed by atoms with E-state index in [1.807, 2.05) is 7.11 Å². The minimum absolute atomic E-state index is 0.154. The van der Waals surface area contributed by atoms with Crippen LogP contribution >= 0.6 is 0 Å². The smallest absolute Gasteiger partial charge is 0.0573 e. The van der Waals surface area contributed by atoms with Gasteiger partial charge in [-0.3, -0.25) is 0 Å². The molecular formula is C16H24N2O. The molecule has 0 saturated heterocycles. The first-order valence-electron chi connectivity index (χ1n) is 7.37. The Morgan fingerprint density at radius 2 is 2.05 bits per heavy atom. The van der Waals surface area contributed by atoms with Crippen molar-refractivity contribution in [1.82, 2.24) is 0 Å². The van der Waals surface area contributed by atoms with Crippen LogP contribution in [0.3, 0.4) is 0 Å². The number of fused-ring (bicyclic) bond motifs is 1. The predicted octanol–water partition coefficient (Wildman–Crippen LogP) is 2.34. The minimum atomic E-state index is 0.154. The molecular weight excluding hydrogens is 236 g/mol. The number of hydrogen-bond donors (Lipinski definition) is 1. The molecule has 0 spiro atoms. The van der Waals surface area contributed by atoms with Crippen LogP contribution in [-0.4, -0.2) is 31.8 Å². The Balaban J connectivity index is 1.84. The van der Waals surface area contributed by atoms with Gasteiger partial charge in [0.2, 0.25) is 0 Å². The molecule has 3 heteroatoms. The fourth-order valence-corrected chi connectivity index (χ4v) is 3.78. The summed E-state index contributed by atoms with van der Waals surface area (Å²) in [5.74, 6) is 0. The van der Waals surface area contributed by atoms with Crippen LogP contribution in [0.15, 0.2) is 24.3 Å². The summed E-state index contributed by atoms with van der Waals surface area (Å²) < 4.78 is 5.50. The highest BCUT2D eigenvalue weighted by Gasteiger charge is 2.41. The average Bonchev–Trinajstić information content (AvgIpc) is 2.92. The normalized spacial score (nSPS) is 30.4. The van der Waals surface area contributed by atoms with Crippen LogP contribution in [0.2, 0.25) is 0 Å². The largest absolute Gasteiger partial charge is 0.381 e. The highest BCUT2D eigenvalue weighted by Crippen LogP contribution is 2.41. The van der Waals surface area contributed by atoms with Crippen LogP contribution in [0, 0.1) is 0 Å². The maximum atomic E-state index is 6.18. The molecule has 0 amide bonds. The van der Waals surface area contributed by atoms with E-state index in [1.165, 1.54) is 11.3 Å². The van der Waals surface area contributed by atoms with Gasteiger partial charge in [0.05, 0.1) is 11.6 Å². The molecule has 3 rings (SSSR count). The van der Waals surface area contributed by atoms with Gasteiger partial charge in [-0.2, -0.15) is 0 Å². The Bertz CT molecular complexity index is 438. The summed E-state index contributed by atoms with van der Waals surface area (Å²) in [5.41, 5.74) is 9.22. The van der Waals surface area contributed by atoms with E-state index in [1.54, 1.807) is 0 Å². The molecule has 0 aromatic heterocycles. The van der Waals surface area contributed by atoms with Gasteiger partial charge in [0.15, 0.2) is 0 Å². The highest BCUT2D eigenvalue weighted by atomic mass is 16.5. The molecule has 1 saturated carbocycles. The number of anilines is 1. The van der Waals surface area contributed by atoms with Gasteiger partial charge in [-0.15, -0.1) is 0 Å². The maximum absolute atomic E-state index is 6.18. The molecule has 2 N–H and O–H groups in total. The predicted molar refractivity (Wildman–Crippen MR) is 78.5 cm³/mol. The molecule has 0 radical (unpaired) electrons. The Labute approximate surface area is 115 Å². The summed E-state index contributed by atoms with van der Waals surface area (Å²) in [6.07, 6.45) is 6.15. The van der Waals surface area contributed by atoms with Gasteiger partial charge in [-0.25, -0.2) is 0 Å². The van der Waals surface area contributed by atoms with E-state index in [0.29, 0.717) is 6.10 Å². The number of nitrogens with two attached hydrogens (primary N) is 1. The monoisotopic (exact) mass is 260 g/mol. The highest BCUT2D eigenvalue weighted by molar-refractivity contribution is 5.60. The zero-order valence-electron chi connectivity index (χ0n) is 11.8. The second-order valence-corrected chi connectivity index (χ2v) is 5.89. The minimum Gasteiger partial charge on any atom is -0.381 e. The van der Waals surface area contributed by atoms with Crippen LogP contribution < -0.4 is 10.6 Å². The number of benzene rings is 1. The first kappa shape index (κ1) is 12.9. The lowest BCUT2D eigenvalue weighted by Gasteiger charge is -2.47. The van der Waals surface area contributed by atoms with Crippen molar-refractivity contribution < 1.29 is 4.74 Å². The molecule has 19 heavy (non-hydrogen) atoms. The lowest BCUT2D eigenvalue weighted by atomic mass is 9.79. The number of para-hydroxylation sites is 1. The van der Waals surface area contributed by atoms with E-state index in [9.17, 15) is 0 Å². The third kappa shape index (κ3) is 2.15. The summed E-state index contributed by atoms with van der Waals surface area (Å²) in [6.45, 7) is 1.87. The Kier molecular flexibility index (Phi) is 3.50. The van der Waals surface area contributed by atoms with Crippen LogP contribution in [0.1, 0.15) is 31.2 Å². The van der Waals surface area contributed by atoms with Gasteiger partial charge in [-0.05, 0) is 43.7 Å². The fraction of sp³-hybridized carbons (Fsp3) is 0.625. The topological polar surface area (TPSA) is 38.5 Å². The number of methoxy groups -OCH3 is 1. The average molecular weight is 260 g/mol. The third-order valence-electron chi connectivity index (χ3n) is 5.04. The first-order chi connectivity index (χ1) is 9.29. The van der Waals surface area contributed by atoms with Gasteiger partial charge in [0.1, 0.15) is 0 Å². The van der Waals surface area contributed by atoms with Crippen LogP contribution in [0.25, 0.3) is 0 Å². The van der Waals surface area contributed by atoms with E-state index >= 15 is 0 Å². The van der Waals surface area contributed by atoms with Crippen molar-refractivity contribution in [1.29, 1.82) is 0 Å². The van der Waals surface area contributed by atoms with Crippen molar-refractivity contribution in [2.75, 3.05) is 25.1 Å². The van der Waals surface area contributed by atoms with Crippen LogP contribution in [0.5, 0.6) is 0 Å². The zero-order valence-corrected chi connectivity index (χ0v) is 11.8. The standard InChI is InChI=1S/C16H24N2O/c1-19-14-6-9-16(12-17,10-7-14)18-11-8-13-4-2-3-5-15(13)18/h2-5,14H,6-12,17H2,1H3. The van der Waals surface area contributed by atoms with Crippen LogP contribution in [0.4, 0.5) is 5.69 Å². The van der Waals surface area contributed by atoms with Crippen molar-refractivity contribution in [2.45, 2.75) is 43.7 Å². The van der Waals surface area contributed by atoms with E-state index in [-0.39, 0.29) is 5.54 Å². The molecule has 0 atom stereocenters. The number of hydrogen-bond acceptors (Lipinski definition) is 3. The summed E-state index contributed by atoms with van der Waals surface area (Å²) in [4.78, 5) is 2.58. The number of ether oxygens (including phenoxy) is 1. The molecule has 0 bridgehead atoms. The number of rotatable bonds is 3. The molecule has 104 valence electrons. The van der Waals surface area contributed by atoms with E-state index in [0.717, 1.165) is 45.2 Å². The van der Waals surface area contributed by atoms with Gasteiger partial charge < -0.3 is 15.4 Å². The van der Waals surface area contributed by atoms with Crippen molar-refractivity contribution in [2.24, 2.45) is 5.73 Å². The van der Waals surface area contributed by atoms with Gasteiger partial charge in [-0.1, -0.05) is 18.2 Å². The summed E-state index contributed by atoms with van der Waals surface area (Å²) in [6, 6.07) is 8.78. The van der Waals surface area contributed by atoms with Gasteiger partial charge >= 0.3 is 0 Å². The molecule has 1 aliphatic carbocycles. The van der Waals surface area contributed by atoms with Crippen LogP contribution in [-0.2, 0) is 11.2 Å². The van der Waals surface area contributed by atoms with Crippen molar-refractivity contribution in [3.8, 4) is 0 Å². The summed E-state index contributed by atoms with van der Waals surface area (Å²) in [5, 5.41) is 0. The second-order valence-electron chi connectivity index (χ2n) is 5.89. The Morgan fingerprint density at radius 3 is 2.74 bits per heavy atom. The molecule has 0 unspecified atom stereocenters. The maximum Gasteiger partial charge on any atom is 0.0573 e. The lowest BCUT2D eigenvalue weighted by molar-refractivity contribution is 0.0499. The van der Waals surface area contributed by atoms with Crippen molar-refractivity contribution >= 4 is 5.69 Å². The molecule has 3 nitrogen and oxygen atoms in total. The molecule has 1 aromatic rings. The Hall–Kier alpha value is -1.06. The van der Waals surface area contributed by atoms with Crippen molar-refractivity contribution in [3.05, 3.63) is 29.8 Å². The first-order valence-corrected chi connectivity index (χ1v) is 7.37. The third-order valence-corrected chi connectivity index (χ3v) is 5.04. The SMILES string of the molecule is COC1CCC(CN)(N2CCc3ccccc32)CC1. The summed E-state index contributed by atoms with van der Waals surface area (Å²) >= 11 is 0. The van der Waals surface area contributed by atoms with Gasteiger partial charge in [0.25, 0.3) is 0 Å². The molecule has 1 heterocycles. The van der Waals surface area contributed by atoms with Gasteiger partial charge in [0, 0.05) is 25.9 Å². The van der Waals surface area contributed by atoms with E-state index in [2.05, 4.69) is 29.2 Å². The molecule has 1 aliphatic heterocycles. The molecule has 2 aliphatic rings. The van der Waals surface area contributed by atoms with E-state index < -0.39 is 0 Å². The quantitative estimate of drug-likeness (QED) is 0.906. The lowest BCUT2D eigenvalue weighted by Crippen LogP contribution is -2.56. The van der Waals surface area contributed by atoms with E-state index in [4.69, 9.17) is 10.5 Å². The molecule has 1 aromatic carbocycles. The summed E-state index contributed by atoms with van der Waals surface area (Å²) in [7, 11) is 1.82. The van der Waals surface area contributed by atoms with Crippen molar-refractivity contribution in [3.63, 3.8) is 0 Å². The number of nitrogens with zero attached hydrogens (tertiary/aromatic N) is 1. The second kappa shape index (κ2) is 5.14. The Morgan fingerprint density at radius 1 is 1.32 bits per heavy atom. The zero-order chi connectivity index (χ0) is 13.3. The fourth-order valence-electron chi connectivity index (χ4n) is 3.78. The molecule has 1 fully saturated rings.